The maximum absolute atomic E-state index is 5.54. The lowest BCUT2D eigenvalue weighted by atomic mass is 10.3. The molecule has 2 aromatic rings. The third-order valence-electron chi connectivity index (χ3n) is 1.75. The van der Waals surface area contributed by atoms with Crippen molar-refractivity contribution in [2.75, 3.05) is 17.6 Å². The van der Waals surface area contributed by atoms with Crippen LogP contribution in [0.2, 0.25) is 0 Å². The SMILES string of the molecule is Nc1cnc(NCCc2cnc[nH]2)s1. The summed E-state index contributed by atoms with van der Waals surface area (Å²) >= 11 is 1.45. The van der Waals surface area contributed by atoms with Gasteiger partial charge in [0.15, 0.2) is 5.13 Å². The summed E-state index contributed by atoms with van der Waals surface area (Å²) in [4.78, 5) is 11.1. The zero-order valence-corrected chi connectivity index (χ0v) is 8.34. The Kier molecular flexibility index (Phi) is 2.64. The number of thiazole rings is 1. The van der Waals surface area contributed by atoms with Crippen molar-refractivity contribution < 1.29 is 0 Å². The third-order valence-corrected chi connectivity index (χ3v) is 2.53. The van der Waals surface area contributed by atoms with E-state index in [0.717, 1.165) is 28.8 Å². The summed E-state index contributed by atoms with van der Waals surface area (Å²) in [5.74, 6) is 0. The van der Waals surface area contributed by atoms with E-state index < -0.39 is 0 Å². The van der Waals surface area contributed by atoms with E-state index in [4.69, 9.17) is 5.73 Å². The fraction of sp³-hybridized carbons (Fsp3) is 0.250. The van der Waals surface area contributed by atoms with Crippen LogP contribution in [0.3, 0.4) is 0 Å². The molecule has 0 aliphatic carbocycles. The van der Waals surface area contributed by atoms with Crippen LogP contribution < -0.4 is 11.1 Å². The van der Waals surface area contributed by atoms with Gasteiger partial charge in [-0.3, -0.25) is 0 Å². The van der Waals surface area contributed by atoms with E-state index in [1.807, 2.05) is 6.20 Å². The van der Waals surface area contributed by atoms with E-state index in [2.05, 4.69) is 20.3 Å². The molecule has 0 spiro atoms. The van der Waals surface area contributed by atoms with Crippen LogP contribution in [0.25, 0.3) is 0 Å². The topological polar surface area (TPSA) is 79.6 Å². The van der Waals surface area contributed by atoms with Gasteiger partial charge in [0.25, 0.3) is 0 Å². The highest BCUT2D eigenvalue weighted by atomic mass is 32.1. The average molecular weight is 209 g/mol. The first kappa shape index (κ1) is 9.01. The summed E-state index contributed by atoms with van der Waals surface area (Å²) in [6, 6.07) is 0. The van der Waals surface area contributed by atoms with Crippen LogP contribution in [0, 0.1) is 0 Å². The van der Waals surface area contributed by atoms with Crippen molar-refractivity contribution >= 4 is 21.5 Å². The molecule has 6 heteroatoms. The summed E-state index contributed by atoms with van der Waals surface area (Å²) in [6.45, 7) is 0.829. The molecule has 0 amide bonds. The largest absolute Gasteiger partial charge is 0.389 e. The number of nitrogens with one attached hydrogen (secondary N) is 2. The highest BCUT2D eigenvalue weighted by Crippen LogP contribution is 2.19. The number of nitrogens with zero attached hydrogens (tertiary/aromatic N) is 2. The molecule has 0 atom stereocenters. The molecule has 4 N–H and O–H groups in total. The summed E-state index contributed by atoms with van der Waals surface area (Å²) in [7, 11) is 0. The standard InChI is InChI=1S/C8H11N5S/c9-7-4-12-8(14-7)11-2-1-6-3-10-5-13-6/h3-5H,1-2,9H2,(H,10,13)(H,11,12). The molecule has 0 saturated carbocycles. The Morgan fingerprint density at radius 3 is 3.07 bits per heavy atom. The molecule has 5 nitrogen and oxygen atoms in total. The molecule has 0 bridgehead atoms. The van der Waals surface area contributed by atoms with E-state index >= 15 is 0 Å². The van der Waals surface area contributed by atoms with Crippen LogP contribution in [0.1, 0.15) is 5.69 Å². The van der Waals surface area contributed by atoms with Gasteiger partial charge >= 0.3 is 0 Å². The smallest absolute Gasteiger partial charge is 0.184 e. The molecular weight excluding hydrogens is 198 g/mol. The molecule has 0 aliphatic heterocycles. The molecule has 0 aromatic carbocycles. The van der Waals surface area contributed by atoms with Gasteiger partial charge in [-0.05, 0) is 0 Å². The molecule has 0 saturated heterocycles. The van der Waals surface area contributed by atoms with Gasteiger partial charge in [-0.15, -0.1) is 0 Å². The number of hydrogen-bond donors (Lipinski definition) is 3. The minimum atomic E-state index is 0.731. The fourth-order valence-corrected chi connectivity index (χ4v) is 1.70. The number of nitrogen functional groups attached to an aromatic ring is 1. The lowest BCUT2D eigenvalue weighted by Gasteiger charge is -1.99. The van der Waals surface area contributed by atoms with Gasteiger partial charge in [0, 0.05) is 24.9 Å². The normalized spacial score (nSPS) is 10.3. The van der Waals surface area contributed by atoms with E-state index in [1.54, 1.807) is 12.5 Å². The number of anilines is 2. The highest BCUT2D eigenvalue weighted by molar-refractivity contribution is 7.19. The maximum Gasteiger partial charge on any atom is 0.184 e. The van der Waals surface area contributed by atoms with Crippen molar-refractivity contribution in [3.05, 3.63) is 24.4 Å². The fourth-order valence-electron chi connectivity index (χ4n) is 1.09. The summed E-state index contributed by atoms with van der Waals surface area (Å²) in [6.07, 6.45) is 6.05. The summed E-state index contributed by atoms with van der Waals surface area (Å²) in [5, 5.41) is 4.78. The predicted molar refractivity (Wildman–Crippen MR) is 57.3 cm³/mol. The van der Waals surface area contributed by atoms with E-state index in [1.165, 1.54) is 11.3 Å². The summed E-state index contributed by atoms with van der Waals surface area (Å²) in [5.41, 5.74) is 6.66. The van der Waals surface area contributed by atoms with Crippen molar-refractivity contribution in [3.63, 3.8) is 0 Å². The molecule has 0 unspecified atom stereocenters. The van der Waals surface area contributed by atoms with Crippen LogP contribution in [0.15, 0.2) is 18.7 Å². The monoisotopic (exact) mass is 209 g/mol. The Labute approximate surface area is 85.4 Å². The van der Waals surface area contributed by atoms with E-state index in [9.17, 15) is 0 Å². The van der Waals surface area contributed by atoms with Crippen molar-refractivity contribution in [1.29, 1.82) is 0 Å². The quantitative estimate of drug-likeness (QED) is 0.704. The molecule has 0 fully saturated rings. The first-order valence-corrected chi connectivity index (χ1v) is 5.08. The Hall–Kier alpha value is -1.56. The number of rotatable bonds is 4. The second kappa shape index (κ2) is 4.10. The first-order valence-electron chi connectivity index (χ1n) is 4.27. The number of nitrogens with two attached hydrogens (primary N) is 1. The minimum absolute atomic E-state index is 0.731. The van der Waals surface area contributed by atoms with Gasteiger partial charge in [-0.25, -0.2) is 9.97 Å². The molecule has 14 heavy (non-hydrogen) atoms. The lowest BCUT2D eigenvalue weighted by Crippen LogP contribution is -2.04. The van der Waals surface area contributed by atoms with Crippen LogP contribution in [0.5, 0.6) is 0 Å². The molecule has 0 aliphatic rings. The molecule has 2 aromatic heterocycles. The van der Waals surface area contributed by atoms with E-state index in [0.29, 0.717) is 0 Å². The third kappa shape index (κ3) is 2.23. The molecule has 74 valence electrons. The molecule has 2 heterocycles. The Morgan fingerprint density at radius 2 is 2.43 bits per heavy atom. The zero-order valence-electron chi connectivity index (χ0n) is 7.53. The van der Waals surface area contributed by atoms with Crippen molar-refractivity contribution in [3.8, 4) is 0 Å². The number of hydrogen-bond acceptors (Lipinski definition) is 5. The van der Waals surface area contributed by atoms with Crippen LogP contribution in [-0.4, -0.2) is 21.5 Å². The second-order valence-corrected chi connectivity index (χ2v) is 3.88. The molecule has 2 rings (SSSR count). The second-order valence-electron chi connectivity index (χ2n) is 2.82. The van der Waals surface area contributed by atoms with Crippen molar-refractivity contribution in [1.82, 2.24) is 15.0 Å². The predicted octanol–water partition coefficient (Wildman–Crippen LogP) is 1.10. The molecular formula is C8H11N5S. The van der Waals surface area contributed by atoms with Gasteiger partial charge in [0.2, 0.25) is 0 Å². The lowest BCUT2D eigenvalue weighted by molar-refractivity contribution is 0.974. The van der Waals surface area contributed by atoms with Crippen LogP contribution in [-0.2, 0) is 6.42 Å². The van der Waals surface area contributed by atoms with Crippen molar-refractivity contribution in [2.45, 2.75) is 6.42 Å². The Bertz CT molecular complexity index is 380. The molecule has 0 radical (unpaired) electrons. The average Bonchev–Trinajstić information content (AvgIpc) is 2.77. The van der Waals surface area contributed by atoms with E-state index in [-0.39, 0.29) is 0 Å². The van der Waals surface area contributed by atoms with Crippen molar-refractivity contribution in [2.24, 2.45) is 0 Å². The number of aromatic amines is 1. The Balaban J connectivity index is 1.78. The highest BCUT2D eigenvalue weighted by Gasteiger charge is 1.98. The van der Waals surface area contributed by atoms with Gasteiger partial charge < -0.3 is 16.0 Å². The minimum Gasteiger partial charge on any atom is -0.389 e. The van der Waals surface area contributed by atoms with Gasteiger partial charge in [0.05, 0.1) is 12.5 Å². The number of aromatic nitrogens is 3. The summed E-state index contributed by atoms with van der Waals surface area (Å²) < 4.78 is 0. The van der Waals surface area contributed by atoms with Gasteiger partial charge in [-0.1, -0.05) is 11.3 Å². The van der Waals surface area contributed by atoms with Gasteiger partial charge in [0.1, 0.15) is 5.00 Å². The first-order chi connectivity index (χ1) is 6.84. The maximum atomic E-state index is 5.54. The van der Waals surface area contributed by atoms with Gasteiger partial charge in [-0.2, -0.15) is 0 Å². The van der Waals surface area contributed by atoms with Crippen LogP contribution in [0.4, 0.5) is 10.1 Å². The van der Waals surface area contributed by atoms with Crippen LogP contribution >= 0.6 is 11.3 Å². The Morgan fingerprint density at radius 1 is 1.50 bits per heavy atom. The zero-order chi connectivity index (χ0) is 9.80. The number of H-pyrrole nitrogens is 1. The number of imidazole rings is 1.